The molecule has 2 rings (SSSR count). The van der Waals surface area contributed by atoms with Crippen LogP contribution in [0.15, 0.2) is 30.5 Å². The molecule has 0 aliphatic rings. The molecule has 2 heteroatoms. The lowest BCUT2D eigenvalue weighted by Gasteiger charge is -2.17. The van der Waals surface area contributed by atoms with E-state index >= 15 is 0 Å². The first-order chi connectivity index (χ1) is 7.57. The molecule has 0 aliphatic carbocycles. The highest BCUT2D eigenvalue weighted by atomic mass is 14.8. The Kier molecular flexibility index (Phi) is 3.99. The van der Waals surface area contributed by atoms with Crippen LogP contribution in [0, 0.1) is 0 Å². The zero-order valence-corrected chi connectivity index (χ0v) is 10.8. The third-order valence-electron chi connectivity index (χ3n) is 2.22. The van der Waals surface area contributed by atoms with Gasteiger partial charge in [-0.3, -0.25) is 4.98 Å². The molecule has 0 bridgehead atoms. The van der Waals surface area contributed by atoms with E-state index < -0.39 is 0 Å². The Hall–Kier alpha value is -1.44. The summed E-state index contributed by atoms with van der Waals surface area (Å²) >= 11 is 0. The van der Waals surface area contributed by atoms with Crippen LogP contribution in [0.4, 0.5) is 0 Å². The van der Waals surface area contributed by atoms with Crippen molar-refractivity contribution in [2.24, 2.45) is 0 Å². The van der Waals surface area contributed by atoms with Crippen molar-refractivity contribution in [2.45, 2.75) is 40.0 Å². The van der Waals surface area contributed by atoms with Crippen LogP contribution in [-0.2, 0) is 5.41 Å². The number of hydrogen-bond acceptors (Lipinski definition) is 2. The minimum Gasteiger partial charge on any atom is -0.253 e. The Balaban J connectivity index is 0.000000606. The van der Waals surface area contributed by atoms with Crippen molar-refractivity contribution >= 4 is 11.0 Å². The zero-order valence-electron chi connectivity index (χ0n) is 10.8. The van der Waals surface area contributed by atoms with Crippen LogP contribution in [-0.4, -0.2) is 9.97 Å². The summed E-state index contributed by atoms with van der Waals surface area (Å²) in [5.41, 5.74) is 3.04. The van der Waals surface area contributed by atoms with E-state index in [-0.39, 0.29) is 5.41 Å². The maximum atomic E-state index is 4.58. The molecule has 2 aromatic rings. The molecule has 0 unspecified atom stereocenters. The Bertz CT molecular complexity index is 455. The summed E-state index contributed by atoms with van der Waals surface area (Å²) in [6.07, 6.45) is 1.86. The van der Waals surface area contributed by atoms with Gasteiger partial charge in [-0.2, -0.15) is 0 Å². The first kappa shape index (κ1) is 12.6. The predicted octanol–water partition coefficient (Wildman–Crippen LogP) is 3.95. The molecule has 0 atom stereocenters. The molecule has 0 saturated carbocycles. The van der Waals surface area contributed by atoms with E-state index in [9.17, 15) is 0 Å². The quantitative estimate of drug-likeness (QED) is 0.666. The van der Waals surface area contributed by atoms with Gasteiger partial charge in [0.25, 0.3) is 0 Å². The summed E-state index contributed by atoms with van der Waals surface area (Å²) in [5, 5.41) is 0. The molecule has 0 N–H and O–H groups in total. The van der Waals surface area contributed by atoms with E-state index in [1.807, 2.05) is 44.3 Å². The highest BCUT2D eigenvalue weighted by Gasteiger charge is 2.15. The molecule has 0 saturated heterocycles. The summed E-state index contributed by atoms with van der Waals surface area (Å²) in [5.74, 6) is 0. The van der Waals surface area contributed by atoms with Crippen LogP contribution in [0.5, 0.6) is 0 Å². The van der Waals surface area contributed by atoms with Crippen LogP contribution < -0.4 is 0 Å². The summed E-state index contributed by atoms with van der Waals surface area (Å²) in [7, 11) is 0. The maximum absolute atomic E-state index is 4.58. The number of fused-ring (bicyclic) bond motifs is 1. The fourth-order valence-corrected chi connectivity index (χ4v) is 1.32. The highest BCUT2D eigenvalue weighted by molar-refractivity contribution is 5.73. The third kappa shape index (κ3) is 2.78. The van der Waals surface area contributed by atoms with Crippen molar-refractivity contribution in [3.63, 3.8) is 0 Å². The lowest BCUT2D eigenvalue weighted by atomic mass is 9.92. The lowest BCUT2D eigenvalue weighted by molar-refractivity contribution is 0.568. The topological polar surface area (TPSA) is 25.8 Å². The Morgan fingerprint density at radius 1 is 0.938 bits per heavy atom. The van der Waals surface area contributed by atoms with E-state index in [2.05, 4.69) is 30.7 Å². The largest absolute Gasteiger partial charge is 0.253 e. The van der Waals surface area contributed by atoms with E-state index in [0.717, 1.165) is 16.7 Å². The summed E-state index contributed by atoms with van der Waals surface area (Å²) < 4.78 is 0. The van der Waals surface area contributed by atoms with Gasteiger partial charge in [0, 0.05) is 11.6 Å². The third-order valence-corrected chi connectivity index (χ3v) is 2.22. The first-order valence-corrected chi connectivity index (χ1v) is 5.80. The average Bonchev–Trinajstić information content (AvgIpc) is 2.30. The van der Waals surface area contributed by atoms with Gasteiger partial charge in [-0.15, -0.1) is 0 Å². The molecule has 1 heterocycles. The van der Waals surface area contributed by atoms with Crippen LogP contribution in [0.2, 0.25) is 0 Å². The van der Waals surface area contributed by atoms with Crippen LogP contribution in [0.1, 0.15) is 40.3 Å². The molecule has 1 aromatic heterocycles. The Morgan fingerprint density at radius 2 is 1.50 bits per heavy atom. The molecule has 0 amide bonds. The van der Waals surface area contributed by atoms with Gasteiger partial charge in [-0.05, 0) is 12.1 Å². The van der Waals surface area contributed by atoms with Crippen molar-refractivity contribution in [1.82, 2.24) is 9.97 Å². The lowest BCUT2D eigenvalue weighted by Crippen LogP contribution is -2.13. The number of benzene rings is 1. The normalized spacial score (nSPS) is 10.8. The maximum Gasteiger partial charge on any atom is 0.0890 e. The van der Waals surface area contributed by atoms with Crippen molar-refractivity contribution in [2.75, 3.05) is 0 Å². The second kappa shape index (κ2) is 5.06. The van der Waals surface area contributed by atoms with Crippen LogP contribution in [0.25, 0.3) is 11.0 Å². The molecule has 2 nitrogen and oxygen atoms in total. The zero-order chi connectivity index (χ0) is 12.2. The molecule has 0 radical (unpaired) electrons. The second-order valence-corrected chi connectivity index (χ2v) is 4.49. The molecule has 0 spiro atoms. The van der Waals surface area contributed by atoms with Gasteiger partial charge < -0.3 is 0 Å². The number of aromatic nitrogens is 2. The fourth-order valence-electron chi connectivity index (χ4n) is 1.32. The first-order valence-electron chi connectivity index (χ1n) is 5.80. The van der Waals surface area contributed by atoms with E-state index in [0.29, 0.717) is 0 Å². The van der Waals surface area contributed by atoms with Crippen molar-refractivity contribution in [1.29, 1.82) is 0 Å². The van der Waals surface area contributed by atoms with Crippen molar-refractivity contribution in [3.8, 4) is 0 Å². The monoisotopic (exact) mass is 216 g/mol. The number of rotatable bonds is 0. The molecule has 16 heavy (non-hydrogen) atoms. The van der Waals surface area contributed by atoms with Gasteiger partial charge >= 0.3 is 0 Å². The van der Waals surface area contributed by atoms with Crippen LogP contribution >= 0.6 is 0 Å². The summed E-state index contributed by atoms with van der Waals surface area (Å²) in [6, 6.07) is 7.95. The summed E-state index contributed by atoms with van der Waals surface area (Å²) in [6.45, 7) is 10.4. The highest BCUT2D eigenvalue weighted by Crippen LogP contribution is 2.20. The van der Waals surface area contributed by atoms with Gasteiger partial charge in [0.1, 0.15) is 0 Å². The average molecular weight is 216 g/mol. The minimum atomic E-state index is 0.0665. The Labute approximate surface area is 97.7 Å². The minimum absolute atomic E-state index is 0.0665. The number of para-hydroxylation sites is 2. The molecular weight excluding hydrogens is 196 g/mol. The number of nitrogens with zero attached hydrogens (tertiary/aromatic N) is 2. The number of hydrogen-bond donors (Lipinski definition) is 0. The van der Waals surface area contributed by atoms with E-state index in [4.69, 9.17) is 0 Å². The van der Waals surface area contributed by atoms with Crippen molar-refractivity contribution in [3.05, 3.63) is 36.2 Å². The fraction of sp³-hybridized carbons (Fsp3) is 0.429. The predicted molar refractivity (Wildman–Crippen MR) is 69.6 cm³/mol. The van der Waals surface area contributed by atoms with Crippen LogP contribution in [0.3, 0.4) is 0 Å². The van der Waals surface area contributed by atoms with Gasteiger partial charge in [-0.25, -0.2) is 4.98 Å². The van der Waals surface area contributed by atoms with E-state index in [1.165, 1.54) is 0 Å². The summed E-state index contributed by atoms with van der Waals surface area (Å²) in [4.78, 5) is 8.97. The molecular formula is C14H20N2. The van der Waals surface area contributed by atoms with E-state index in [1.54, 1.807) is 0 Å². The molecule has 0 fully saturated rings. The molecule has 86 valence electrons. The van der Waals surface area contributed by atoms with Gasteiger partial charge in [0.15, 0.2) is 0 Å². The van der Waals surface area contributed by atoms with Gasteiger partial charge in [-0.1, -0.05) is 46.8 Å². The second-order valence-electron chi connectivity index (χ2n) is 4.49. The standard InChI is InChI=1S/C12H14N2.C2H6/c1-12(2,3)11-8-13-9-6-4-5-7-10(9)14-11;1-2/h4-8H,1-3H3;1-2H3. The molecule has 1 aromatic carbocycles. The smallest absolute Gasteiger partial charge is 0.0890 e. The SMILES string of the molecule is CC.CC(C)(C)c1cnc2ccccc2n1. The van der Waals surface area contributed by atoms with Crippen molar-refractivity contribution < 1.29 is 0 Å². The van der Waals surface area contributed by atoms with Gasteiger partial charge in [0.05, 0.1) is 16.7 Å². The Morgan fingerprint density at radius 3 is 2.06 bits per heavy atom. The molecule has 0 aliphatic heterocycles. The van der Waals surface area contributed by atoms with Gasteiger partial charge in [0.2, 0.25) is 0 Å².